The second-order valence-corrected chi connectivity index (χ2v) is 10.1. The Morgan fingerprint density at radius 3 is 2.53 bits per heavy atom. The first-order chi connectivity index (χ1) is 17.5. The number of carbonyl (C=O) groups excluding carboxylic acids is 3. The fraction of sp³-hybridized carbons (Fsp3) is 0.321. The molecular formula is C28H32N4O3S. The third-order valence-corrected chi connectivity index (χ3v) is 7.34. The second-order valence-electron chi connectivity index (χ2n) is 8.91. The highest BCUT2D eigenvalue weighted by Crippen LogP contribution is 2.34. The zero-order valence-electron chi connectivity index (χ0n) is 20.5. The first-order valence-electron chi connectivity index (χ1n) is 12.3. The van der Waals surface area contributed by atoms with Gasteiger partial charge in [0.05, 0.1) is 11.6 Å². The molecule has 1 heterocycles. The SMILES string of the molecule is CC(CN1C(=O)CCSc2ccccc21)C(=O)NCCc1cc2ccccc2cc1C(=O)NCCN. The molecule has 1 unspecified atom stereocenters. The molecule has 188 valence electrons. The monoisotopic (exact) mass is 504 g/mol. The van der Waals surface area contributed by atoms with Crippen LogP contribution in [-0.4, -0.2) is 49.7 Å². The van der Waals surface area contributed by atoms with Crippen LogP contribution in [0, 0.1) is 5.92 Å². The fourth-order valence-corrected chi connectivity index (χ4v) is 5.36. The number of hydrogen-bond acceptors (Lipinski definition) is 5. The van der Waals surface area contributed by atoms with Gasteiger partial charge in [-0.1, -0.05) is 49.4 Å². The van der Waals surface area contributed by atoms with E-state index in [4.69, 9.17) is 5.73 Å². The topological polar surface area (TPSA) is 105 Å². The van der Waals surface area contributed by atoms with Crippen LogP contribution in [0.3, 0.4) is 0 Å². The van der Waals surface area contributed by atoms with E-state index in [9.17, 15) is 14.4 Å². The average molecular weight is 505 g/mol. The summed E-state index contributed by atoms with van der Waals surface area (Å²) in [6.07, 6.45) is 0.960. The van der Waals surface area contributed by atoms with Gasteiger partial charge in [0.2, 0.25) is 11.8 Å². The Hall–Kier alpha value is -3.36. The zero-order chi connectivity index (χ0) is 25.5. The minimum absolute atomic E-state index is 0.0383. The van der Waals surface area contributed by atoms with E-state index in [0.717, 1.165) is 32.7 Å². The summed E-state index contributed by atoms with van der Waals surface area (Å²) >= 11 is 1.67. The van der Waals surface area contributed by atoms with Crippen LogP contribution in [0.25, 0.3) is 10.8 Å². The maximum atomic E-state index is 12.9. The summed E-state index contributed by atoms with van der Waals surface area (Å²) < 4.78 is 0. The van der Waals surface area contributed by atoms with E-state index in [-0.39, 0.29) is 23.6 Å². The van der Waals surface area contributed by atoms with E-state index >= 15 is 0 Å². The summed E-state index contributed by atoms with van der Waals surface area (Å²) in [6.45, 7) is 3.32. The van der Waals surface area contributed by atoms with Crippen molar-refractivity contribution in [2.24, 2.45) is 11.7 Å². The first-order valence-corrected chi connectivity index (χ1v) is 13.3. The summed E-state index contributed by atoms with van der Waals surface area (Å²) in [5.41, 5.74) is 7.87. The largest absolute Gasteiger partial charge is 0.355 e. The number of hydrogen-bond donors (Lipinski definition) is 3. The van der Waals surface area contributed by atoms with E-state index in [1.807, 2.05) is 67.6 Å². The van der Waals surface area contributed by atoms with Crippen molar-refractivity contribution in [3.8, 4) is 0 Å². The molecule has 0 bridgehead atoms. The number of carbonyl (C=O) groups is 3. The molecule has 4 N–H and O–H groups in total. The number of anilines is 1. The average Bonchev–Trinajstić information content (AvgIpc) is 3.05. The zero-order valence-corrected chi connectivity index (χ0v) is 21.3. The van der Waals surface area contributed by atoms with Gasteiger partial charge >= 0.3 is 0 Å². The number of rotatable bonds is 9. The quantitative estimate of drug-likeness (QED) is 0.415. The third-order valence-electron chi connectivity index (χ3n) is 6.27. The lowest BCUT2D eigenvalue weighted by Crippen LogP contribution is -2.41. The van der Waals surface area contributed by atoms with E-state index in [2.05, 4.69) is 10.6 Å². The maximum absolute atomic E-state index is 12.9. The number of amides is 3. The van der Waals surface area contributed by atoms with E-state index in [0.29, 0.717) is 44.6 Å². The lowest BCUT2D eigenvalue weighted by molar-refractivity contribution is -0.124. The Labute approximate surface area is 215 Å². The normalized spacial score (nSPS) is 14.2. The van der Waals surface area contributed by atoms with Crippen molar-refractivity contribution in [2.45, 2.75) is 24.7 Å². The van der Waals surface area contributed by atoms with Crippen molar-refractivity contribution in [2.75, 3.05) is 36.8 Å². The van der Waals surface area contributed by atoms with E-state index in [1.165, 1.54) is 0 Å². The van der Waals surface area contributed by atoms with Crippen LogP contribution in [0.2, 0.25) is 0 Å². The molecule has 0 saturated heterocycles. The van der Waals surface area contributed by atoms with Gasteiger partial charge in [0, 0.05) is 48.8 Å². The van der Waals surface area contributed by atoms with Gasteiger partial charge in [-0.15, -0.1) is 11.8 Å². The van der Waals surface area contributed by atoms with Crippen LogP contribution in [0.5, 0.6) is 0 Å². The molecule has 1 atom stereocenters. The Kier molecular flexibility index (Phi) is 8.61. The highest BCUT2D eigenvalue weighted by Gasteiger charge is 2.26. The Morgan fingerprint density at radius 2 is 1.75 bits per heavy atom. The van der Waals surface area contributed by atoms with Crippen LogP contribution in [0.1, 0.15) is 29.3 Å². The van der Waals surface area contributed by atoms with Gasteiger partial charge in [0.15, 0.2) is 0 Å². The number of nitrogens with one attached hydrogen (secondary N) is 2. The molecule has 8 heteroatoms. The van der Waals surface area contributed by atoms with Crippen molar-refractivity contribution in [1.82, 2.24) is 10.6 Å². The van der Waals surface area contributed by atoms with E-state index < -0.39 is 0 Å². The molecule has 0 fully saturated rings. The highest BCUT2D eigenvalue weighted by atomic mass is 32.2. The van der Waals surface area contributed by atoms with Gasteiger partial charge in [0.25, 0.3) is 5.91 Å². The highest BCUT2D eigenvalue weighted by molar-refractivity contribution is 7.99. The van der Waals surface area contributed by atoms with Crippen LogP contribution < -0.4 is 21.3 Å². The number of benzene rings is 3. The predicted molar refractivity (Wildman–Crippen MR) is 145 cm³/mol. The standard InChI is InChI=1S/C28H32N4O3S/c1-19(18-32-24-8-4-5-9-25(24)36-15-11-26(32)33)27(34)30-13-10-22-16-20-6-2-3-7-21(20)17-23(22)28(35)31-14-12-29/h2-9,16-17,19H,10-15,18,29H2,1H3,(H,30,34)(H,31,35). The Bertz CT molecular complexity index is 1260. The Balaban J connectivity index is 1.42. The van der Waals surface area contributed by atoms with Crippen LogP contribution in [-0.2, 0) is 16.0 Å². The Morgan fingerprint density at radius 1 is 1.03 bits per heavy atom. The lowest BCUT2D eigenvalue weighted by Gasteiger charge is -2.25. The minimum Gasteiger partial charge on any atom is -0.355 e. The number of nitrogens with zero attached hydrogens (tertiary/aromatic N) is 1. The van der Waals surface area contributed by atoms with Gasteiger partial charge in [-0.2, -0.15) is 0 Å². The number of para-hydroxylation sites is 1. The molecule has 0 radical (unpaired) electrons. The van der Waals surface area contributed by atoms with Crippen molar-refractivity contribution in [3.63, 3.8) is 0 Å². The van der Waals surface area contributed by atoms with Gasteiger partial charge in [-0.25, -0.2) is 0 Å². The summed E-state index contributed by atoms with van der Waals surface area (Å²) in [5, 5.41) is 7.87. The number of nitrogens with two attached hydrogens (primary N) is 1. The minimum atomic E-state index is -0.381. The molecular weight excluding hydrogens is 472 g/mol. The van der Waals surface area contributed by atoms with Crippen molar-refractivity contribution < 1.29 is 14.4 Å². The molecule has 3 aromatic rings. The molecule has 0 spiro atoms. The maximum Gasteiger partial charge on any atom is 0.251 e. The van der Waals surface area contributed by atoms with Gasteiger partial charge in [0.1, 0.15) is 0 Å². The fourth-order valence-electron chi connectivity index (χ4n) is 4.36. The molecule has 3 amide bonds. The predicted octanol–water partition coefficient (Wildman–Crippen LogP) is 3.35. The second kappa shape index (κ2) is 12.1. The van der Waals surface area contributed by atoms with Gasteiger partial charge < -0.3 is 21.3 Å². The summed E-state index contributed by atoms with van der Waals surface area (Å²) in [7, 11) is 0. The number of thioether (sulfide) groups is 1. The van der Waals surface area contributed by atoms with Crippen LogP contribution in [0.4, 0.5) is 5.69 Å². The molecule has 7 nitrogen and oxygen atoms in total. The molecule has 1 aliphatic rings. The molecule has 36 heavy (non-hydrogen) atoms. The smallest absolute Gasteiger partial charge is 0.251 e. The summed E-state index contributed by atoms with van der Waals surface area (Å²) in [4.78, 5) is 41.3. The van der Waals surface area contributed by atoms with Crippen molar-refractivity contribution in [3.05, 3.63) is 71.8 Å². The molecule has 0 saturated carbocycles. The summed E-state index contributed by atoms with van der Waals surface area (Å²) in [6, 6.07) is 19.6. The van der Waals surface area contributed by atoms with Crippen molar-refractivity contribution in [1.29, 1.82) is 0 Å². The van der Waals surface area contributed by atoms with E-state index in [1.54, 1.807) is 16.7 Å². The van der Waals surface area contributed by atoms with Crippen LogP contribution in [0.15, 0.2) is 65.6 Å². The third kappa shape index (κ3) is 6.06. The molecule has 3 aromatic carbocycles. The van der Waals surface area contributed by atoms with Crippen molar-refractivity contribution >= 4 is 45.9 Å². The molecule has 0 aromatic heterocycles. The first kappa shape index (κ1) is 25.7. The summed E-state index contributed by atoms with van der Waals surface area (Å²) in [5.74, 6) is 0.106. The van der Waals surface area contributed by atoms with Gasteiger partial charge in [-0.05, 0) is 41.0 Å². The molecule has 4 rings (SSSR count). The number of fused-ring (bicyclic) bond motifs is 2. The van der Waals surface area contributed by atoms with Crippen LogP contribution >= 0.6 is 11.8 Å². The van der Waals surface area contributed by atoms with Gasteiger partial charge in [-0.3, -0.25) is 14.4 Å². The lowest BCUT2D eigenvalue weighted by atomic mass is 9.98. The molecule has 0 aliphatic carbocycles. The molecule has 1 aliphatic heterocycles.